The molecule has 1 heterocycles. The van der Waals surface area contributed by atoms with Gasteiger partial charge in [-0.3, -0.25) is 14.9 Å². The maximum atomic E-state index is 12.3. The fourth-order valence-corrected chi connectivity index (χ4v) is 2.20. The molecule has 1 amide bonds. The van der Waals surface area contributed by atoms with Crippen LogP contribution in [0.3, 0.4) is 0 Å². The Morgan fingerprint density at radius 3 is 2.19 bits per heavy atom. The molecule has 1 aromatic carbocycles. The number of aliphatic hydroxyl groups is 2. The first-order chi connectivity index (χ1) is 10.0. The van der Waals surface area contributed by atoms with Crippen molar-refractivity contribution in [1.29, 1.82) is 0 Å². The molecule has 21 heavy (non-hydrogen) atoms. The van der Waals surface area contributed by atoms with E-state index in [9.17, 15) is 14.9 Å². The molecule has 1 fully saturated rings. The number of carbonyl (C=O) groups excluding carboxylic acids is 1. The molecule has 0 bridgehead atoms. The number of benzene rings is 1. The third-order valence-electron chi connectivity index (χ3n) is 3.25. The zero-order valence-electron chi connectivity index (χ0n) is 11.2. The molecule has 0 aliphatic carbocycles. The molecule has 2 atom stereocenters. The molecular formula is C13H16N2O6. The standard InChI is InChI=1S/C13H16N2O6/c16-7-11-5-14(6-12(8-17)21-11)13(18)9-1-3-10(4-2-9)15(19)20/h1-4,11-12,16-17H,5-8H2/t11-,12-/m1/s1. The molecule has 8 nitrogen and oxygen atoms in total. The Balaban J connectivity index is 2.12. The number of ether oxygens (including phenoxy) is 1. The summed E-state index contributed by atoms with van der Waals surface area (Å²) in [6, 6.07) is 5.30. The topological polar surface area (TPSA) is 113 Å². The Morgan fingerprint density at radius 2 is 1.76 bits per heavy atom. The molecule has 0 saturated carbocycles. The number of hydrogen-bond donors (Lipinski definition) is 2. The van der Waals surface area contributed by atoms with Crippen molar-refractivity contribution in [1.82, 2.24) is 4.90 Å². The molecule has 0 spiro atoms. The first-order valence-electron chi connectivity index (χ1n) is 6.46. The summed E-state index contributed by atoms with van der Waals surface area (Å²) in [5, 5.41) is 28.9. The monoisotopic (exact) mass is 296 g/mol. The molecule has 1 aliphatic rings. The second-order valence-electron chi connectivity index (χ2n) is 4.76. The maximum absolute atomic E-state index is 12.3. The molecule has 2 rings (SSSR count). The minimum absolute atomic E-state index is 0.0880. The molecule has 1 aliphatic heterocycles. The van der Waals surface area contributed by atoms with E-state index in [2.05, 4.69) is 0 Å². The second kappa shape index (κ2) is 6.61. The number of aliphatic hydroxyl groups excluding tert-OH is 2. The number of non-ortho nitro benzene ring substituents is 1. The minimum Gasteiger partial charge on any atom is -0.394 e. The van der Waals surface area contributed by atoms with Crippen LogP contribution in [-0.4, -0.2) is 64.5 Å². The van der Waals surface area contributed by atoms with E-state index in [0.717, 1.165) is 0 Å². The summed E-state index contributed by atoms with van der Waals surface area (Å²) < 4.78 is 5.37. The minimum atomic E-state index is -0.544. The molecule has 8 heteroatoms. The average Bonchev–Trinajstić information content (AvgIpc) is 2.53. The predicted molar refractivity (Wildman–Crippen MR) is 71.8 cm³/mol. The van der Waals surface area contributed by atoms with Gasteiger partial charge in [0.2, 0.25) is 0 Å². The van der Waals surface area contributed by atoms with Crippen LogP contribution in [0.1, 0.15) is 10.4 Å². The van der Waals surface area contributed by atoms with E-state index in [-0.39, 0.29) is 37.9 Å². The number of nitrogens with zero attached hydrogens (tertiary/aromatic N) is 2. The summed E-state index contributed by atoms with van der Waals surface area (Å²) in [4.78, 5) is 23.9. The molecule has 0 unspecified atom stereocenters. The SMILES string of the molecule is O=C(c1ccc([N+](=O)[O-])cc1)N1C[C@H](CO)O[C@@H](CO)C1. The van der Waals surface area contributed by atoms with E-state index in [4.69, 9.17) is 14.9 Å². The van der Waals surface area contributed by atoms with Crippen molar-refractivity contribution in [2.75, 3.05) is 26.3 Å². The number of hydrogen-bond acceptors (Lipinski definition) is 6. The Labute approximate surface area is 120 Å². The molecular weight excluding hydrogens is 280 g/mol. The van der Waals surface area contributed by atoms with E-state index >= 15 is 0 Å². The molecule has 114 valence electrons. The van der Waals surface area contributed by atoms with Crippen LogP contribution in [0.25, 0.3) is 0 Å². The lowest BCUT2D eigenvalue weighted by molar-refractivity contribution is -0.384. The van der Waals surface area contributed by atoms with Crippen molar-refractivity contribution in [3.63, 3.8) is 0 Å². The zero-order chi connectivity index (χ0) is 15.4. The van der Waals surface area contributed by atoms with Crippen LogP contribution in [0.5, 0.6) is 0 Å². The number of amides is 1. The van der Waals surface area contributed by atoms with E-state index in [1.54, 1.807) is 0 Å². The first-order valence-corrected chi connectivity index (χ1v) is 6.46. The number of morpholine rings is 1. The first kappa shape index (κ1) is 15.4. The third kappa shape index (κ3) is 3.54. The Hall–Kier alpha value is -2.03. The largest absolute Gasteiger partial charge is 0.394 e. The molecule has 0 aromatic heterocycles. The van der Waals surface area contributed by atoms with Crippen LogP contribution in [0.15, 0.2) is 24.3 Å². The summed E-state index contributed by atoms with van der Waals surface area (Å²) in [5.41, 5.74) is 0.228. The molecule has 0 radical (unpaired) electrons. The Kier molecular flexibility index (Phi) is 4.84. The average molecular weight is 296 g/mol. The third-order valence-corrected chi connectivity index (χ3v) is 3.25. The molecule has 1 aromatic rings. The Morgan fingerprint density at radius 1 is 1.24 bits per heavy atom. The smallest absolute Gasteiger partial charge is 0.269 e. The van der Waals surface area contributed by atoms with Gasteiger partial charge < -0.3 is 19.8 Å². The summed E-state index contributed by atoms with van der Waals surface area (Å²) >= 11 is 0. The Bertz CT molecular complexity index is 506. The second-order valence-corrected chi connectivity index (χ2v) is 4.76. The molecule has 2 N–H and O–H groups in total. The maximum Gasteiger partial charge on any atom is 0.269 e. The lowest BCUT2D eigenvalue weighted by Gasteiger charge is -2.36. The number of nitro groups is 1. The lowest BCUT2D eigenvalue weighted by Crippen LogP contribution is -2.52. The van der Waals surface area contributed by atoms with Gasteiger partial charge in [-0.1, -0.05) is 0 Å². The van der Waals surface area contributed by atoms with E-state index < -0.39 is 17.1 Å². The summed E-state index contributed by atoms with van der Waals surface area (Å²) in [7, 11) is 0. The van der Waals surface area contributed by atoms with Crippen molar-refractivity contribution >= 4 is 11.6 Å². The van der Waals surface area contributed by atoms with Crippen molar-refractivity contribution in [2.45, 2.75) is 12.2 Å². The van der Waals surface area contributed by atoms with Gasteiger partial charge in [-0.25, -0.2) is 0 Å². The predicted octanol–water partition coefficient (Wildman–Crippen LogP) is -0.211. The van der Waals surface area contributed by atoms with Crippen molar-refractivity contribution < 1.29 is 24.7 Å². The normalized spacial score (nSPS) is 22.1. The van der Waals surface area contributed by atoms with Crippen LogP contribution in [0, 0.1) is 10.1 Å². The van der Waals surface area contributed by atoms with Crippen LogP contribution < -0.4 is 0 Å². The van der Waals surface area contributed by atoms with E-state index in [0.29, 0.717) is 5.56 Å². The number of nitro benzene ring substituents is 1. The van der Waals surface area contributed by atoms with Gasteiger partial charge in [-0.2, -0.15) is 0 Å². The van der Waals surface area contributed by atoms with Crippen molar-refractivity contribution in [3.8, 4) is 0 Å². The summed E-state index contributed by atoms with van der Waals surface area (Å²) in [6.45, 7) is -0.0767. The highest BCUT2D eigenvalue weighted by atomic mass is 16.6. The lowest BCUT2D eigenvalue weighted by atomic mass is 10.1. The molecule has 1 saturated heterocycles. The van der Waals surface area contributed by atoms with Gasteiger partial charge in [0.25, 0.3) is 11.6 Å². The van der Waals surface area contributed by atoms with Gasteiger partial charge >= 0.3 is 0 Å². The number of carbonyl (C=O) groups is 1. The van der Waals surface area contributed by atoms with Gasteiger partial charge in [0.05, 0.1) is 30.3 Å². The highest BCUT2D eigenvalue weighted by Crippen LogP contribution is 2.17. The van der Waals surface area contributed by atoms with Gasteiger partial charge in [0.1, 0.15) is 0 Å². The van der Waals surface area contributed by atoms with Crippen LogP contribution >= 0.6 is 0 Å². The van der Waals surface area contributed by atoms with Crippen molar-refractivity contribution in [3.05, 3.63) is 39.9 Å². The van der Waals surface area contributed by atoms with Crippen molar-refractivity contribution in [2.24, 2.45) is 0 Å². The fraction of sp³-hybridized carbons (Fsp3) is 0.462. The number of rotatable bonds is 4. The fourth-order valence-electron chi connectivity index (χ4n) is 2.20. The summed E-state index contributed by atoms with van der Waals surface area (Å²) in [6.07, 6.45) is -1.09. The van der Waals surface area contributed by atoms with Crippen LogP contribution in [0.4, 0.5) is 5.69 Å². The van der Waals surface area contributed by atoms with Gasteiger partial charge in [-0.05, 0) is 12.1 Å². The highest BCUT2D eigenvalue weighted by molar-refractivity contribution is 5.94. The van der Waals surface area contributed by atoms with E-state index in [1.165, 1.54) is 29.2 Å². The summed E-state index contributed by atoms with van der Waals surface area (Å²) in [5.74, 6) is -0.315. The van der Waals surface area contributed by atoms with Gasteiger partial charge in [0, 0.05) is 30.8 Å². The van der Waals surface area contributed by atoms with Gasteiger partial charge in [-0.15, -0.1) is 0 Å². The zero-order valence-corrected chi connectivity index (χ0v) is 11.2. The quantitative estimate of drug-likeness (QED) is 0.587. The van der Waals surface area contributed by atoms with Crippen LogP contribution in [0.2, 0.25) is 0 Å². The van der Waals surface area contributed by atoms with Crippen LogP contribution in [-0.2, 0) is 4.74 Å². The van der Waals surface area contributed by atoms with E-state index in [1.807, 2.05) is 0 Å². The van der Waals surface area contributed by atoms with Gasteiger partial charge in [0.15, 0.2) is 0 Å². The highest BCUT2D eigenvalue weighted by Gasteiger charge is 2.30.